The van der Waals surface area contributed by atoms with Crippen LogP contribution in [0.15, 0.2) is 12.3 Å². The molecular weight excluding hydrogens is 222 g/mol. The highest BCUT2D eigenvalue weighted by molar-refractivity contribution is 5.10. The summed E-state index contributed by atoms with van der Waals surface area (Å²) in [6.07, 6.45) is 8.87. The van der Waals surface area contributed by atoms with Crippen molar-refractivity contribution in [3.63, 3.8) is 0 Å². The first kappa shape index (κ1) is 13.6. The van der Waals surface area contributed by atoms with Crippen LogP contribution >= 0.6 is 0 Å². The predicted octanol–water partition coefficient (Wildman–Crippen LogP) is 2.94. The Kier molecular flexibility index (Phi) is 4.81. The fourth-order valence-electron chi connectivity index (χ4n) is 3.49. The molecule has 1 heterocycles. The maximum absolute atomic E-state index is 4.65. The molecule has 3 heteroatoms. The maximum Gasteiger partial charge on any atom is 0.0658 e. The molecule has 102 valence electrons. The third-order valence-electron chi connectivity index (χ3n) is 4.38. The minimum atomic E-state index is 0.656. The van der Waals surface area contributed by atoms with E-state index in [9.17, 15) is 0 Å². The Hall–Kier alpha value is -0.830. The first-order chi connectivity index (χ1) is 8.74. The molecule has 3 unspecified atom stereocenters. The van der Waals surface area contributed by atoms with Gasteiger partial charge in [-0.2, -0.15) is 5.10 Å². The van der Waals surface area contributed by atoms with Crippen molar-refractivity contribution in [1.29, 1.82) is 0 Å². The minimum Gasteiger partial charge on any atom is -0.319 e. The molecule has 2 rings (SSSR count). The molecule has 1 N–H and O–H groups in total. The summed E-state index contributed by atoms with van der Waals surface area (Å²) in [6, 6.07) is 2.21. The molecule has 0 spiro atoms. The lowest BCUT2D eigenvalue weighted by atomic mass is 9.71. The van der Waals surface area contributed by atoms with Crippen LogP contribution in [0.1, 0.15) is 50.6 Å². The molecule has 3 nitrogen and oxygen atoms in total. The van der Waals surface area contributed by atoms with Gasteiger partial charge in [-0.1, -0.05) is 26.2 Å². The number of aromatic nitrogens is 2. The molecule has 0 amide bonds. The molecule has 0 radical (unpaired) electrons. The highest BCUT2D eigenvalue weighted by atomic mass is 15.2. The molecule has 0 bridgehead atoms. The zero-order chi connectivity index (χ0) is 13.0. The van der Waals surface area contributed by atoms with E-state index in [2.05, 4.69) is 36.7 Å². The fourth-order valence-corrected chi connectivity index (χ4v) is 3.49. The Labute approximate surface area is 111 Å². The van der Waals surface area contributed by atoms with Gasteiger partial charge in [0, 0.05) is 19.2 Å². The molecule has 1 saturated carbocycles. The Morgan fingerprint density at radius 3 is 2.89 bits per heavy atom. The van der Waals surface area contributed by atoms with E-state index >= 15 is 0 Å². The SMILES string of the molecule is CCCC1CCC(CNC)C(c2ccn(C)n2)C1. The number of nitrogens with zero attached hydrogens (tertiary/aromatic N) is 2. The molecule has 0 saturated heterocycles. The van der Waals surface area contributed by atoms with Gasteiger partial charge in [0.15, 0.2) is 0 Å². The lowest BCUT2D eigenvalue weighted by molar-refractivity contribution is 0.219. The Bertz CT molecular complexity index is 358. The van der Waals surface area contributed by atoms with Crippen LogP contribution in [0.2, 0.25) is 0 Å². The van der Waals surface area contributed by atoms with Crippen molar-refractivity contribution >= 4 is 0 Å². The number of nitrogens with one attached hydrogen (secondary N) is 1. The highest BCUT2D eigenvalue weighted by Gasteiger charge is 2.31. The van der Waals surface area contributed by atoms with Crippen LogP contribution in [0.4, 0.5) is 0 Å². The standard InChI is InChI=1S/C15H27N3/c1-4-5-12-6-7-13(11-16-2)14(10-12)15-8-9-18(3)17-15/h8-9,12-14,16H,4-7,10-11H2,1-3H3. The van der Waals surface area contributed by atoms with Crippen LogP contribution < -0.4 is 5.32 Å². The monoisotopic (exact) mass is 249 g/mol. The van der Waals surface area contributed by atoms with Gasteiger partial charge < -0.3 is 5.32 Å². The van der Waals surface area contributed by atoms with Crippen molar-refractivity contribution in [2.24, 2.45) is 18.9 Å². The second-order valence-electron chi connectivity index (χ2n) is 5.81. The van der Waals surface area contributed by atoms with Gasteiger partial charge in [0.2, 0.25) is 0 Å². The molecule has 3 atom stereocenters. The summed E-state index contributed by atoms with van der Waals surface area (Å²) in [5.74, 6) is 2.33. The largest absolute Gasteiger partial charge is 0.319 e. The lowest BCUT2D eigenvalue weighted by Gasteiger charge is -2.35. The highest BCUT2D eigenvalue weighted by Crippen LogP contribution is 2.41. The van der Waals surface area contributed by atoms with Gasteiger partial charge >= 0.3 is 0 Å². The van der Waals surface area contributed by atoms with Crippen molar-refractivity contribution < 1.29 is 0 Å². The van der Waals surface area contributed by atoms with E-state index in [0.29, 0.717) is 5.92 Å². The van der Waals surface area contributed by atoms with Gasteiger partial charge in [-0.05, 0) is 44.3 Å². The summed E-state index contributed by atoms with van der Waals surface area (Å²) in [6.45, 7) is 3.43. The Morgan fingerprint density at radius 2 is 2.28 bits per heavy atom. The zero-order valence-electron chi connectivity index (χ0n) is 12.0. The normalized spacial score (nSPS) is 28.5. The third-order valence-corrected chi connectivity index (χ3v) is 4.38. The Morgan fingerprint density at radius 1 is 1.44 bits per heavy atom. The number of rotatable bonds is 5. The van der Waals surface area contributed by atoms with Gasteiger partial charge in [0.05, 0.1) is 5.69 Å². The van der Waals surface area contributed by atoms with E-state index in [4.69, 9.17) is 0 Å². The predicted molar refractivity (Wildman–Crippen MR) is 75.6 cm³/mol. The first-order valence-corrected chi connectivity index (χ1v) is 7.38. The summed E-state index contributed by atoms with van der Waals surface area (Å²) in [5, 5.41) is 8.01. The van der Waals surface area contributed by atoms with Crippen molar-refractivity contribution in [2.75, 3.05) is 13.6 Å². The van der Waals surface area contributed by atoms with E-state index < -0.39 is 0 Å². The van der Waals surface area contributed by atoms with Crippen molar-refractivity contribution in [3.05, 3.63) is 18.0 Å². The smallest absolute Gasteiger partial charge is 0.0658 e. The van der Waals surface area contributed by atoms with Crippen LogP contribution in [0, 0.1) is 11.8 Å². The van der Waals surface area contributed by atoms with Crippen molar-refractivity contribution in [3.8, 4) is 0 Å². The first-order valence-electron chi connectivity index (χ1n) is 7.38. The van der Waals surface area contributed by atoms with Crippen LogP contribution in [-0.2, 0) is 7.05 Å². The van der Waals surface area contributed by atoms with E-state index in [0.717, 1.165) is 18.4 Å². The molecule has 18 heavy (non-hydrogen) atoms. The molecule has 1 aromatic heterocycles. The quantitative estimate of drug-likeness (QED) is 0.869. The van der Waals surface area contributed by atoms with Gasteiger partial charge in [-0.3, -0.25) is 4.68 Å². The van der Waals surface area contributed by atoms with Gasteiger partial charge in [0.25, 0.3) is 0 Å². The molecule has 1 aliphatic rings. The second kappa shape index (κ2) is 6.37. The van der Waals surface area contributed by atoms with E-state index in [1.165, 1.54) is 37.8 Å². The molecule has 1 fully saturated rings. The summed E-state index contributed by atoms with van der Waals surface area (Å²) < 4.78 is 1.94. The topological polar surface area (TPSA) is 29.9 Å². The van der Waals surface area contributed by atoms with E-state index in [1.807, 2.05) is 11.7 Å². The second-order valence-corrected chi connectivity index (χ2v) is 5.81. The van der Waals surface area contributed by atoms with Crippen LogP contribution in [-0.4, -0.2) is 23.4 Å². The molecular formula is C15H27N3. The molecule has 0 aromatic carbocycles. The van der Waals surface area contributed by atoms with Gasteiger partial charge in [-0.25, -0.2) is 0 Å². The van der Waals surface area contributed by atoms with Crippen LogP contribution in [0.25, 0.3) is 0 Å². The number of aryl methyl sites for hydroxylation is 1. The summed E-state index contributed by atoms with van der Waals surface area (Å²) in [5.41, 5.74) is 1.30. The molecule has 1 aliphatic carbocycles. The molecule has 1 aromatic rings. The van der Waals surface area contributed by atoms with Crippen LogP contribution in [0.3, 0.4) is 0 Å². The number of hydrogen-bond donors (Lipinski definition) is 1. The zero-order valence-corrected chi connectivity index (χ0v) is 12.0. The van der Waals surface area contributed by atoms with E-state index in [1.54, 1.807) is 0 Å². The molecule has 0 aliphatic heterocycles. The van der Waals surface area contributed by atoms with Gasteiger partial charge in [0.1, 0.15) is 0 Å². The maximum atomic E-state index is 4.65. The lowest BCUT2D eigenvalue weighted by Crippen LogP contribution is -2.31. The van der Waals surface area contributed by atoms with Gasteiger partial charge in [-0.15, -0.1) is 0 Å². The average molecular weight is 249 g/mol. The summed E-state index contributed by atoms with van der Waals surface area (Å²) in [7, 11) is 4.08. The average Bonchev–Trinajstić information content (AvgIpc) is 2.78. The summed E-state index contributed by atoms with van der Waals surface area (Å²) in [4.78, 5) is 0. The fraction of sp³-hybridized carbons (Fsp3) is 0.800. The van der Waals surface area contributed by atoms with E-state index in [-0.39, 0.29) is 0 Å². The number of hydrogen-bond acceptors (Lipinski definition) is 2. The summed E-state index contributed by atoms with van der Waals surface area (Å²) >= 11 is 0. The van der Waals surface area contributed by atoms with Crippen molar-refractivity contribution in [2.45, 2.75) is 44.9 Å². The minimum absolute atomic E-state index is 0.656. The van der Waals surface area contributed by atoms with Crippen LogP contribution in [0.5, 0.6) is 0 Å². The Balaban J connectivity index is 2.09. The van der Waals surface area contributed by atoms with Crippen molar-refractivity contribution in [1.82, 2.24) is 15.1 Å². The third kappa shape index (κ3) is 3.14.